The van der Waals surface area contributed by atoms with Gasteiger partial charge in [0, 0.05) is 16.8 Å². The van der Waals surface area contributed by atoms with Gasteiger partial charge in [0.2, 0.25) is 0 Å². The van der Waals surface area contributed by atoms with Gasteiger partial charge >= 0.3 is 5.97 Å². The second-order valence-electron chi connectivity index (χ2n) is 4.35. The molecule has 0 saturated carbocycles. The van der Waals surface area contributed by atoms with Crippen LogP contribution in [0.2, 0.25) is 5.02 Å². The summed E-state index contributed by atoms with van der Waals surface area (Å²) in [6.07, 6.45) is 0. The second kappa shape index (κ2) is 6.45. The number of hydrogen-bond acceptors (Lipinski definition) is 3. The molecular formula is C15H13ClFNO3. The van der Waals surface area contributed by atoms with Crippen molar-refractivity contribution in [2.24, 2.45) is 0 Å². The molecule has 0 radical (unpaired) electrons. The van der Waals surface area contributed by atoms with Gasteiger partial charge in [-0.1, -0.05) is 17.7 Å². The van der Waals surface area contributed by atoms with E-state index in [0.717, 1.165) is 12.1 Å². The van der Waals surface area contributed by atoms with Gasteiger partial charge < -0.3 is 15.2 Å². The first-order valence-electron chi connectivity index (χ1n) is 6.09. The molecule has 1 atom stereocenters. The van der Waals surface area contributed by atoms with E-state index in [-0.39, 0.29) is 10.6 Å². The number of benzene rings is 2. The lowest BCUT2D eigenvalue weighted by atomic mass is 10.1. The lowest BCUT2D eigenvalue weighted by Crippen LogP contribution is -2.20. The van der Waals surface area contributed by atoms with Crippen LogP contribution in [0.1, 0.15) is 11.6 Å². The average molecular weight is 310 g/mol. The topological polar surface area (TPSA) is 58.6 Å². The summed E-state index contributed by atoms with van der Waals surface area (Å²) in [6.45, 7) is 0. The van der Waals surface area contributed by atoms with E-state index < -0.39 is 17.8 Å². The van der Waals surface area contributed by atoms with Gasteiger partial charge in [-0.15, -0.1) is 0 Å². The second-order valence-corrected chi connectivity index (χ2v) is 4.79. The zero-order valence-corrected chi connectivity index (χ0v) is 11.9. The SMILES string of the molecule is COc1cccc(NC(C(=O)O)c2cc(F)cc(Cl)c2)c1. The molecule has 0 bridgehead atoms. The lowest BCUT2D eigenvalue weighted by Gasteiger charge is -2.17. The van der Waals surface area contributed by atoms with Gasteiger partial charge in [-0.2, -0.15) is 0 Å². The van der Waals surface area contributed by atoms with Crippen molar-refractivity contribution in [1.29, 1.82) is 0 Å². The summed E-state index contributed by atoms with van der Waals surface area (Å²) in [7, 11) is 1.51. The Bertz CT molecular complexity index is 643. The number of aliphatic carboxylic acids is 1. The fourth-order valence-electron chi connectivity index (χ4n) is 1.91. The van der Waals surface area contributed by atoms with Crippen LogP contribution in [0, 0.1) is 5.82 Å². The summed E-state index contributed by atoms with van der Waals surface area (Å²) in [5, 5.41) is 12.3. The number of hydrogen-bond donors (Lipinski definition) is 2. The highest BCUT2D eigenvalue weighted by molar-refractivity contribution is 6.30. The van der Waals surface area contributed by atoms with Crippen molar-refractivity contribution in [2.45, 2.75) is 6.04 Å². The van der Waals surface area contributed by atoms with Crippen LogP contribution in [0.25, 0.3) is 0 Å². The molecule has 0 spiro atoms. The Balaban J connectivity index is 2.32. The number of carboxylic acids is 1. The Morgan fingerprint density at radius 1 is 1.33 bits per heavy atom. The fraction of sp³-hybridized carbons (Fsp3) is 0.133. The molecule has 0 aliphatic heterocycles. The number of carbonyl (C=O) groups is 1. The molecule has 0 aliphatic rings. The third kappa shape index (κ3) is 3.86. The number of rotatable bonds is 5. The van der Waals surface area contributed by atoms with E-state index in [1.54, 1.807) is 24.3 Å². The Morgan fingerprint density at radius 2 is 2.10 bits per heavy atom. The maximum Gasteiger partial charge on any atom is 0.330 e. The number of nitrogens with one attached hydrogen (secondary N) is 1. The molecule has 6 heteroatoms. The zero-order valence-electron chi connectivity index (χ0n) is 11.1. The average Bonchev–Trinajstić information content (AvgIpc) is 2.43. The maximum absolute atomic E-state index is 13.4. The van der Waals surface area contributed by atoms with Gasteiger partial charge in [-0.3, -0.25) is 0 Å². The minimum Gasteiger partial charge on any atom is -0.497 e. The first kappa shape index (κ1) is 15.1. The van der Waals surface area contributed by atoms with Crippen molar-refractivity contribution in [3.05, 3.63) is 58.9 Å². The smallest absolute Gasteiger partial charge is 0.330 e. The molecule has 21 heavy (non-hydrogen) atoms. The molecule has 2 rings (SSSR count). The number of methoxy groups -OCH3 is 1. The quantitative estimate of drug-likeness (QED) is 0.883. The van der Waals surface area contributed by atoms with E-state index in [0.29, 0.717) is 11.4 Å². The summed E-state index contributed by atoms with van der Waals surface area (Å²) in [4.78, 5) is 11.4. The largest absolute Gasteiger partial charge is 0.497 e. The van der Waals surface area contributed by atoms with Crippen molar-refractivity contribution in [3.63, 3.8) is 0 Å². The van der Waals surface area contributed by atoms with Crippen LogP contribution in [0.3, 0.4) is 0 Å². The molecule has 1 unspecified atom stereocenters. The van der Waals surface area contributed by atoms with Gasteiger partial charge in [-0.25, -0.2) is 9.18 Å². The summed E-state index contributed by atoms with van der Waals surface area (Å²) in [5.41, 5.74) is 0.775. The highest BCUT2D eigenvalue weighted by Gasteiger charge is 2.21. The molecule has 0 fully saturated rings. The first-order chi connectivity index (χ1) is 9.99. The van der Waals surface area contributed by atoms with Crippen LogP contribution in [-0.4, -0.2) is 18.2 Å². The zero-order chi connectivity index (χ0) is 15.4. The van der Waals surface area contributed by atoms with Gasteiger partial charge in [0.25, 0.3) is 0 Å². The first-order valence-corrected chi connectivity index (χ1v) is 6.47. The van der Waals surface area contributed by atoms with Crippen molar-refractivity contribution >= 4 is 23.3 Å². The van der Waals surface area contributed by atoms with E-state index in [4.69, 9.17) is 16.3 Å². The highest BCUT2D eigenvalue weighted by Crippen LogP contribution is 2.25. The Morgan fingerprint density at radius 3 is 2.71 bits per heavy atom. The molecule has 110 valence electrons. The molecule has 4 nitrogen and oxygen atoms in total. The van der Waals surface area contributed by atoms with Crippen LogP contribution >= 0.6 is 11.6 Å². The molecule has 0 aromatic heterocycles. The van der Waals surface area contributed by atoms with Crippen LogP contribution in [-0.2, 0) is 4.79 Å². The van der Waals surface area contributed by atoms with Gasteiger partial charge in [0.05, 0.1) is 7.11 Å². The number of carboxylic acid groups (broad SMARTS) is 1. The van der Waals surface area contributed by atoms with E-state index in [9.17, 15) is 14.3 Å². The number of halogens is 2. The van der Waals surface area contributed by atoms with E-state index in [2.05, 4.69) is 5.32 Å². The van der Waals surface area contributed by atoms with Crippen molar-refractivity contribution in [2.75, 3.05) is 12.4 Å². The van der Waals surface area contributed by atoms with E-state index in [1.807, 2.05) is 0 Å². The summed E-state index contributed by atoms with van der Waals surface area (Å²) in [5.74, 6) is -1.14. The minimum absolute atomic E-state index is 0.142. The molecule has 0 aliphatic carbocycles. The lowest BCUT2D eigenvalue weighted by molar-refractivity contribution is -0.138. The van der Waals surface area contributed by atoms with Crippen molar-refractivity contribution in [3.8, 4) is 5.75 Å². The summed E-state index contributed by atoms with van der Waals surface area (Å²) in [6, 6.07) is 9.35. The Kier molecular flexibility index (Phi) is 4.65. The minimum atomic E-state index is -1.14. The maximum atomic E-state index is 13.4. The van der Waals surface area contributed by atoms with Crippen molar-refractivity contribution < 1.29 is 19.0 Å². The fourth-order valence-corrected chi connectivity index (χ4v) is 2.14. The standard InChI is InChI=1S/C15H13ClFNO3/c1-21-13-4-2-3-12(8-13)18-14(15(19)20)9-5-10(16)7-11(17)6-9/h2-8,14,18H,1H3,(H,19,20). The summed E-state index contributed by atoms with van der Waals surface area (Å²) >= 11 is 5.77. The van der Waals surface area contributed by atoms with Crippen LogP contribution in [0.15, 0.2) is 42.5 Å². The highest BCUT2D eigenvalue weighted by atomic mass is 35.5. The van der Waals surface area contributed by atoms with Gasteiger partial charge in [-0.05, 0) is 35.9 Å². The third-order valence-corrected chi connectivity index (χ3v) is 3.06. The van der Waals surface area contributed by atoms with Crippen LogP contribution < -0.4 is 10.1 Å². The molecular weight excluding hydrogens is 297 g/mol. The molecule has 0 amide bonds. The molecule has 0 heterocycles. The van der Waals surface area contributed by atoms with Crippen molar-refractivity contribution in [1.82, 2.24) is 0 Å². The Labute approximate surface area is 126 Å². The predicted octanol–water partition coefficient (Wildman–Crippen LogP) is 3.73. The monoisotopic (exact) mass is 309 g/mol. The number of ether oxygens (including phenoxy) is 1. The third-order valence-electron chi connectivity index (χ3n) is 2.85. The number of anilines is 1. The molecule has 2 aromatic carbocycles. The van der Waals surface area contributed by atoms with Gasteiger partial charge in [0.1, 0.15) is 11.6 Å². The molecule has 2 aromatic rings. The summed E-state index contributed by atoms with van der Waals surface area (Å²) < 4.78 is 18.5. The van der Waals surface area contributed by atoms with E-state index >= 15 is 0 Å². The van der Waals surface area contributed by atoms with Gasteiger partial charge in [0.15, 0.2) is 6.04 Å². The normalized spacial score (nSPS) is 11.8. The van der Waals surface area contributed by atoms with E-state index in [1.165, 1.54) is 13.2 Å². The van der Waals surface area contributed by atoms with Crippen LogP contribution in [0.5, 0.6) is 5.75 Å². The molecule has 2 N–H and O–H groups in total. The Hall–Kier alpha value is -2.27. The molecule has 0 saturated heterocycles. The predicted molar refractivity (Wildman–Crippen MR) is 78.4 cm³/mol. The van der Waals surface area contributed by atoms with Crippen LogP contribution in [0.4, 0.5) is 10.1 Å².